The molecule has 0 bridgehead atoms. The molecule has 0 spiro atoms. The molecule has 1 aromatic carbocycles. The van der Waals surface area contributed by atoms with Crippen LogP contribution in [-0.4, -0.2) is 35.8 Å². The predicted octanol–water partition coefficient (Wildman–Crippen LogP) is 4.08. The van der Waals surface area contributed by atoms with E-state index in [4.69, 9.17) is 4.74 Å². The number of methoxy groups -OCH3 is 1. The van der Waals surface area contributed by atoms with E-state index in [1.54, 1.807) is 13.3 Å². The summed E-state index contributed by atoms with van der Waals surface area (Å²) >= 11 is 0. The van der Waals surface area contributed by atoms with Gasteiger partial charge in [-0.2, -0.15) is 5.10 Å². The predicted molar refractivity (Wildman–Crippen MR) is 111 cm³/mol. The number of hydrogen-bond acceptors (Lipinski definition) is 7. The first kappa shape index (κ1) is 19.3. The molecule has 1 aliphatic heterocycles. The van der Waals surface area contributed by atoms with E-state index in [1.165, 1.54) is 23.9 Å². The van der Waals surface area contributed by atoms with E-state index in [1.807, 2.05) is 12.1 Å². The molecule has 0 saturated carbocycles. The summed E-state index contributed by atoms with van der Waals surface area (Å²) in [5.41, 5.74) is 6.50. The Morgan fingerprint density at radius 1 is 1.39 bits per heavy atom. The van der Waals surface area contributed by atoms with Gasteiger partial charge in [0.15, 0.2) is 0 Å². The Hall–Kier alpha value is -3.42. The van der Waals surface area contributed by atoms with Crippen molar-refractivity contribution in [1.29, 1.82) is 0 Å². The Morgan fingerprint density at radius 2 is 2.14 bits per heavy atom. The number of aromatic nitrogens is 1. The van der Waals surface area contributed by atoms with E-state index in [2.05, 4.69) is 54.3 Å². The largest absolute Gasteiger partial charge is 0.496 e. The average molecular weight is 381 g/mol. The second-order valence-corrected chi connectivity index (χ2v) is 7.15. The summed E-state index contributed by atoms with van der Waals surface area (Å²) in [6.45, 7) is 6.40. The summed E-state index contributed by atoms with van der Waals surface area (Å²) in [6, 6.07) is 6.87. The van der Waals surface area contributed by atoms with Crippen molar-refractivity contribution in [2.75, 3.05) is 24.5 Å². The first-order chi connectivity index (χ1) is 13.2. The maximum atomic E-state index is 11.1. The zero-order valence-electron chi connectivity index (χ0n) is 16.6. The number of hydrazone groups is 1. The van der Waals surface area contributed by atoms with E-state index in [0.717, 1.165) is 16.8 Å². The number of hydrogen-bond donors (Lipinski definition) is 1. The Labute approximate surface area is 163 Å². The smallest absolute Gasteiger partial charge is 0.313 e. The molecule has 8 nitrogen and oxygen atoms in total. The van der Waals surface area contributed by atoms with E-state index in [0.29, 0.717) is 5.75 Å². The number of ether oxygens (including phenoxy) is 1. The summed E-state index contributed by atoms with van der Waals surface area (Å²) < 4.78 is 5.54. The highest BCUT2D eigenvalue weighted by Crippen LogP contribution is 2.40. The van der Waals surface area contributed by atoms with Crippen molar-refractivity contribution in [1.82, 2.24) is 4.98 Å². The Balaban J connectivity index is 1.95. The number of benzene rings is 1. The van der Waals surface area contributed by atoms with Gasteiger partial charge >= 0.3 is 5.69 Å². The third kappa shape index (κ3) is 3.53. The lowest BCUT2D eigenvalue weighted by Gasteiger charge is -2.40. The van der Waals surface area contributed by atoms with Crippen LogP contribution in [0, 0.1) is 10.1 Å². The number of nitrogens with one attached hydrogen (secondary N) is 1. The molecule has 0 unspecified atom stereocenters. The number of pyridine rings is 1. The van der Waals surface area contributed by atoms with Gasteiger partial charge in [0, 0.05) is 42.2 Å². The fourth-order valence-electron chi connectivity index (χ4n) is 3.26. The molecule has 0 fully saturated rings. The van der Waals surface area contributed by atoms with Crippen LogP contribution in [0.5, 0.6) is 5.75 Å². The summed E-state index contributed by atoms with van der Waals surface area (Å²) in [6.07, 6.45) is 5.26. The second kappa shape index (κ2) is 7.30. The van der Waals surface area contributed by atoms with Crippen LogP contribution in [0.1, 0.15) is 31.9 Å². The van der Waals surface area contributed by atoms with Gasteiger partial charge in [0.25, 0.3) is 0 Å². The quantitative estimate of drug-likeness (QED) is 0.477. The molecule has 0 aliphatic carbocycles. The van der Waals surface area contributed by atoms with Crippen LogP contribution < -0.4 is 15.1 Å². The fourth-order valence-corrected chi connectivity index (χ4v) is 3.26. The first-order valence-corrected chi connectivity index (χ1v) is 8.79. The minimum Gasteiger partial charge on any atom is -0.496 e. The van der Waals surface area contributed by atoms with Gasteiger partial charge < -0.3 is 9.64 Å². The standard InChI is InChI=1S/C20H23N5O3/c1-13-11-20(2,3)24(4)17-10-18(28-5)14(9-15(13)17)12-22-23-19-16(25(26)27)7-6-8-21-19/h6-12H,1-5H3,(H,21,23)/b22-12-. The van der Waals surface area contributed by atoms with Crippen LogP contribution in [0.3, 0.4) is 0 Å². The lowest BCUT2D eigenvalue weighted by Crippen LogP contribution is -2.42. The highest BCUT2D eigenvalue weighted by atomic mass is 16.6. The Morgan fingerprint density at radius 3 is 2.82 bits per heavy atom. The molecule has 8 heteroatoms. The molecule has 2 heterocycles. The molecule has 0 radical (unpaired) electrons. The molecule has 0 saturated heterocycles. The summed E-state index contributed by atoms with van der Waals surface area (Å²) in [5.74, 6) is 0.746. The summed E-state index contributed by atoms with van der Waals surface area (Å²) in [4.78, 5) is 16.7. The molecular formula is C20H23N5O3. The van der Waals surface area contributed by atoms with Crippen molar-refractivity contribution in [2.45, 2.75) is 26.3 Å². The maximum absolute atomic E-state index is 11.1. The van der Waals surface area contributed by atoms with Crippen LogP contribution in [0.2, 0.25) is 0 Å². The normalized spacial score (nSPS) is 15.2. The van der Waals surface area contributed by atoms with Gasteiger partial charge in [-0.05, 0) is 38.5 Å². The summed E-state index contributed by atoms with van der Waals surface area (Å²) in [7, 11) is 3.66. The molecular weight excluding hydrogens is 358 g/mol. The third-order valence-electron chi connectivity index (χ3n) is 4.93. The highest BCUT2D eigenvalue weighted by molar-refractivity contribution is 5.91. The maximum Gasteiger partial charge on any atom is 0.313 e. The third-order valence-corrected chi connectivity index (χ3v) is 4.93. The number of nitrogens with zero attached hydrogens (tertiary/aromatic N) is 4. The van der Waals surface area contributed by atoms with Gasteiger partial charge in [-0.25, -0.2) is 4.98 Å². The minimum absolute atomic E-state index is 0.0817. The molecule has 146 valence electrons. The number of fused-ring (bicyclic) bond motifs is 1. The number of nitro groups is 1. The summed E-state index contributed by atoms with van der Waals surface area (Å²) in [5, 5.41) is 15.2. The highest BCUT2D eigenvalue weighted by Gasteiger charge is 2.29. The minimum atomic E-state index is -0.504. The van der Waals surface area contributed by atoms with Gasteiger partial charge in [0.2, 0.25) is 5.82 Å². The van der Waals surface area contributed by atoms with Gasteiger partial charge in [-0.3, -0.25) is 15.5 Å². The van der Waals surface area contributed by atoms with Crippen LogP contribution >= 0.6 is 0 Å². The van der Waals surface area contributed by atoms with E-state index < -0.39 is 4.92 Å². The van der Waals surface area contributed by atoms with Crippen molar-refractivity contribution in [2.24, 2.45) is 5.10 Å². The number of likely N-dealkylation sites (N-methyl/N-ethyl adjacent to an activating group) is 1. The zero-order chi connectivity index (χ0) is 20.5. The Bertz CT molecular complexity index is 982. The molecule has 1 N–H and O–H groups in total. The molecule has 1 aromatic heterocycles. The van der Waals surface area contributed by atoms with Gasteiger partial charge in [-0.15, -0.1) is 0 Å². The topological polar surface area (TPSA) is 92.9 Å². The molecule has 2 aromatic rings. The number of anilines is 2. The monoisotopic (exact) mass is 381 g/mol. The van der Waals surface area contributed by atoms with Crippen molar-refractivity contribution >= 4 is 29.0 Å². The lowest BCUT2D eigenvalue weighted by atomic mass is 9.88. The molecule has 3 rings (SSSR count). The SMILES string of the molecule is COc1cc2c(cc1/C=N\Nc1ncccc1[N+](=O)[O-])C(C)=CC(C)(C)N2C. The van der Waals surface area contributed by atoms with E-state index in [9.17, 15) is 10.1 Å². The van der Waals surface area contributed by atoms with Crippen molar-refractivity contribution in [3.63, 3.8) is 0 Å². The van der Waals surface area contributed by atoms with Crippen molar-refractivity contribution < 1.29 is 9.66 Å². The molecule has 0 atom stereocenters. The molecule has 1 aliphatic rings. The number of rotatable bonds is 5. The molecule has 28 heavy (non-hydrogen) atoms. The zero-order valence-corrected chi connectivity index (χ0v) is 16.6. The van der Waals surface area contributed by atoms with Crippen molar-refractivity contribution in [3.8, 4) is 5.75 Å². The van der Waals surface area contributed by atoms with Crippen molar-refractivity contribution in [3.05, 3.63) is 57.8 Å². The number of allylic oxidation sites excluding steroid dienone is 1. The lowest BCUT2D eigenvalue weighted by molar-refractivity contribution is -0.384. The second-order valence-electron chi connectivity index (χ2n) is 7.15. The van der Waals surface area contributed by atoms with Crippen LogP contribution in [-0.2, 0) is 0 Å². The van der Waals surface area contributed by atoms with Gasteiger partial charge in [0.05, 0.1) is 23.8 Å². The first-order valence-electron chi connectivity index (χ1n) is 8.79. The Kier molecular flexibility index (Phi) is 5.04. The van der Waals surface area contributed by atoms with Crippen LogP contribution in [0.4, 0.5) is 17.2 Å². The molecule has 0 amide bonds. The van der Waals surface area contributed by atoms with Gasteiger partial charge in [0.1, 0.15) is 5.75 Å². The van der Waals surface area contributed by atoms with Crippen LogP contribution in [0.25, 0.3) is 5.57 Å². The van der Waals surface area contributed by atoms with Gasteiger partial charge in [-0.1, -0.05) is 6.08 Å². The van der Waals surface area contributed by atoms with Crippen LogP contribution in [0.15, 0.2) is 41.6 Å². The fraction of sp³-hybridized carbons (Fsp3) is 0.300. The average Bonchev–Trinajstić information content (AvgIpc) is 2.66. The van der Waals surface area contributed by atoms with E-state index >= 15 is 0 Å². The van der Waals surface area contributed by atoms with E-state index in [-0.39, 0.29) is 17.0 Å².